The van der Waals surface area contributed by atoms with Crippen molar-refractivity contribution in [1.82, 2.24) is 0 Å². The molecule has 0 aliphatic heterocycles. The number of aryl methyl sites for hydroxylation is 1. The molecule has 1 rings (SSSR count). The number of para-hydroxylation sites is 1. The Morgan fingerprint density at radius 2 is 2.00 bits per heavy atom. The molecule has 0 bridgehead atoms. The number of hydrogen-bond donors (Lipinski definition) is 1. The van der Waals surface area contributed by atoms with Crippen molar-refractivity contribution >= 4 is 10.1 Å². The first kappa shape index (κ1) is 13.0. The van der Waals surface area contributed by atoms with Gasteiger partial charge in [0.15, 0.2) is 0 Å². The lowest BCUT2D eigenvalue weighted by molar-refractivity contribution is 0.268. The monoisotopic (exact) mass is 244 g/mol. The van der Waals surface area contributed by atoms with Crippen LogP contribution in [0.15, 0.2) is 24.3 Å². The van der Waals surface area contributed by atoms with E-state index in [1.807, 2.05) is 31.2 Å². The van der Waals surface area contributed by atoms with E-state index in [1.54, 1.807) is 6.92 Å². The van der Waals surface area contributed by atoms with Crippen LogP contribution in [0, 0.1) is 12.8 Å². The highest BCUT2D eigenvalue weighted by Crippen LogP contribution is 2.17. The molecular weight excluding hydrogens is 228 g/mol. The molecule has 0 radical (unpaired) electrons. The first-order valence-electron chi connectivity index (χ1n) is 5.02. The summed E-state index contributed by atoms with van der Waals surface area (Å²) in [6.07, 6.45) is 0. The van der Waals surface area contributed by atoms with Crippen LogP contribution >= 0.6 is 0 Å². The van der Waals surface area contributed by atoms with E-state index in [4.69, 9.17) is 9.29 Å². The average molecular weight is 244 g/mol. The van der Waals surface area contributed by atoms with Gasteiger partial charge in [-0.1, -0.05) is 25.1 Å². The summed E-state index contributed by atoms with van der Waals surface area (Å²) in [6, 6.07) is 7.51. The number of benzene rings is 1. The summed E-state index contributed by atoms with van der Waals surface area (Å²) in [5.74, 6) is 0.220. The maximum atomic E-state index is 10.6. The van der Waals surface area contributed by atoms with Gasteiger partial charge in [-0.15, -0.1) is 0 Å². The second kappa shape index (κ2) is 5.32. The van der Waals surface area contributed by atoms with Gasteiger partial charge in [0.1, 0.15) is 5.75 Å². The van der Waals surface area contributed by atoms with Crippen LogP contribution in [0.1, 0.15) is 12.5 Å². The van der Waals surface area contributed by atoms with Crippen LogP contribution in [0.3, 0.4) is 0 Å². The molecule has 0 saturated heterocycles. The van der Waals surface area contributed by atoms with Gasteiger partial charge in [-0.05, 0) is 18.6 Å². The zero-order valence-electron chi connectivity index (χ0n) is 9.38. The Morgan fingerprint density at radius 3 is 2.56 bits per heavy atom. The molecule has 1 atom stereocenters. The van der Waals surface area contributed by atoms with E-state index in [0.717, 1.165) is 11.3 Å². The Kier molecular flexibility index (Phi) is 4.32. The van der Waals surface area contributed by atoms with Gasteiger partial charge in [-0.2, -0.15) is 8.42 Å². The lowest BCUT2D eigenvalue weighted by Crippen LogP contribution is -2.19. The fourth-order valence-corrected chi connectivity index (χ4v) is 2.17. The zero-order valence-corrected chi connectivity index (χ0v) is 10.2. The molecule has 90 valence electrons. The average Bonchev–Trinajstić information content (AvgIpc) is 2.14. The number of rotatable bonds is 5. The summed E-state index contributed by atoms with van der Waals surface area (Å²) < 4.78 is 35.4. The third-order valence-electron chi connectivity index (χ3n) is 2.11. The Morgan fingerprint density at radius 1 is 1.38 bits per heavy atom. The maximum absolute atomic E-state index is 10.6. The number of hydrogen-bond acceptors (Lipinski definition) is 3. The Hall–Kier alpha value is -1.07. The highest BCUT2D eigenvalue weighted by Gasteiger charge is 2.13. The second-order valence-corrected chi connectivity index (χ2v) is 5.43. The van der Waals surface area contributed by atoms with Crippen LogP contribution in [0.25, 0.3) is 0 Å². The molecule has 1 N–H and O–H groups in total. The second-order valence-electron chi connectivity index (χ2n) is 3.93. The standard InChI is InChI=1S/C11H16O4S/c1-9(8-16(12,13)14)7-15-11-6-4-3-5-10(11)2/h3-6,9H,7-8H2,1-2H3,(H,12,13,14). The SMILES string of the molecule is Cc1ccccc1OCC(C)CS(=O)(=O)O. The summed E-state index contributed by atoms with van der Waals surface area (Å²) in [5.41, 5.74) is 1.00. The van der Waals surface area contributed by atoms with E-state index in [-0.39, 0.29) is 18.3 Å². The first-order valence-corrected chi connectivity index (χ1v) is 6.63. The van der Waals surface area contributed by atoms with Crippen molar-refractivity contribution in [3.8, 4) is 5.75 Å². The number of ether oxygens (including phenoxy) is 1. The molecule has 1 aromatic carbocycles. The van der Waals surface area contributed by atoms with Crippen LogP contribution in [0.5, 0.6) is 5.75 Å². The van der Waals surface area contributed by atoms with Gasteiger partial charge in [0.2, 0.25) is 0 Å². The summed E-state index contributed by atoms with van der Waals surface area (Å²) in [4.78, 5) is 0. The molecule has 0 aromatic heterocycles. The summed E-state index contributed by atoms with van der Waals surface area (Å²) in [6.45, 7) is 3.90. The van der Waals surface area contributed by atoms with E-state index in [2.05, 4.69) is 0 Å². The van der Waals surface area contributed by atoms with Gasteiger partial charge in [-0.25, -0.2) is 0 Å². The van der Waals surface area contributed by atoms with Gasteiger partial charge in [0.25, 0.3) is 10.1 Å². The van der Waals surface area contributed by atoms with Crippen molar-refractivity contribution < 1.29 is 17.7 Å². The molecule has 0 aliphatic carbocycles. The zero-order chi connectivity index (χ0) is 12.2. The highest BCUT2D eigenvalue weighted by atomic mass is 32.2. The lowest BCUT2D eigenvalue weighted by Gasteiger charge is -2.13. The summed E-state index contributed by atoms with van der Waals surface area (Å²) >= 11 is 0. The summed E-state index contributed by atoms with van der Waals surface area (Å²) in [5, 5.41) is 0. The van der Waals surface area contributed by atoms with Crippen molar-refractivity contribution in [1.29, 1.82) is 0 Å². The van der Waals surface area contributed by atoms with Crippen molar-refractivity contribution in [3.63, 3.8) is 0 Å². The van der Waals surface area contributed by atoms with Crippen molar-refractivity contribution in [2.75, 3.05) is 12.4 Å². The van der Waals surface area contributed by atoms with Gasteiger partial charge >= 0.3 is 0 Å². The van der Waals surface area contributed by atoms with Gasteiger partial charge in [-0.3, -0.25) is 4.55 Å². The molecule has 0 heterocycles. The van der Waals surface area contributed by atoms with Crippen molar-refractivity contribution in [2.45, 2.75) is 13.8 Å². The Balaban J connectivity index is 2.49. The quantitative estimate of drug-likeness (QED) is 0.803. The molecule has 0 saturated carbocycles. The van der Waals surface area contributed by atoms with Gasteiger partial charge in [0.05, 0.1) is 12.4 Å². The van der Waals surface area contributed by atoms with E-state index in [9.17, 15) is 8.42 Å². The van der Waals surface area contributed by atoms with Crippen LogP contribution in [0.4, 0.5) is 0 Å². The smallest absolute Gasteiger partial charge is 0.265 e. The van der Waals surface area contributed by atoms with Crippen LogP contribution in [-0.2, 0) is 10.1 Å². The Labute approximate surface area is 96.0 Å². The van der Waals surface area contributed by atoms with Crippen molar-refractivity contribution in [2.24, 2.45) is 5.92 Å². The molecule has 4 nitrogen and oxygen atoms in total. The van der Waals surface area contributed by atoms with Crippen LogP contribution < -0.4 is 4.74 Å². The van der Waals surface area contributed by atoms with E-state index < -0.39 is 10.1 Å². The first-order chi connectivity index (χ1) is 7.38. The molecule has 0 fully saturated rings. The third-order valence-corrected chi connectivity index (χ3v) is 3.10. The minimum atomic E-state index is -3.92. The van der Waals surface area contributed by atoms with E-state index in [0.29, 0.717) is 0 Å². The molecular formula is C11H16O4S. The van der Waals surface area contributed by atoms with Crippen LogP contribution in [-0.4, -0.2) is 25.3 Å². The molecule has 0 spiro atoms. The highest BCUT2D eigenvalue weighted by molar-refractivity contribution is 7.85. The largest absolute Gasteiger partial charge is 0.493 e. The minimum Gasteiger partial charge on any atom is -0.493 e. The normalized spacial score (nSPS) is 13.4. The minimum absolute atomic E-state index is 0.241. The molecule has 5 heteroatoms. The van der Waals surface area contributed by atoms with Crippen molar-refractivity contribution in [3.05, 3.63) is 29.8 Å². The van der Waals surface area contributed by atoms with E-state index in [1.165, 1.54) is 0 Å². The maximum Gasteiger partial charge on any atom is 0.265 e. The third kappa shape index (κ3) is 4.63. The van der Waals surface area contributed by atoms with E-state index >= 15 is 0 Å². The molecule has 16 heavy (non-hydrogen) atoms. The summed E-state index contributed by atoms with van der Waals surface area (Å²) in [7, 11) is -3.92. The fourth-order valence-electron chi connectivity index (χ4n) is 1.36. The predicted molar refractivity (Wildman–Crippen MR) is 62.3 cm³/mol. The van der Waals surface area contributed by atoms with Gasteiger partial charge in [0, 0.05) is 5.92 Å². The molecule has 0 amide bonds. The molecule has 1 aromatic rings. The topological polar surface area (TPSA) is 63.6 Å². The fraction of sp³-hybridized carbons (Fsp3) is 0.455. The lowest BCUT2D eigenvalue weighted by atomic mass is 10.2. The molecule has 0 aliphatic rings. The Bertz CT molecular complexity index is 439. The molecule has 1 unspecified atom stereocenters. The predicted octanol–water partition coefficient (Wildman–Crippen LogP) is 1.90. The van der Waals surface area contributed by atoms with Gasteiger partial charge < -0.3 is 4.74 Å². The van der Waals surface area contributed by atoms with Crippen LogP contribution in [0.2, 0.25) is 0 Å².